The van der Waals surface area contributed by atoms with E-state index in [0.29, 0.717) is 23.8 Å². The Balaban J connectivity index is 1.65. The highest BCUT2D eigenvalue weighted by atomic mass is 16.5. The van der Waals surface area contributed by atoms with Gasteiger partial charge in [0, 0.05) is 16.8 Å². The van der Waals surface area contributed by atoms with Crippen LogP contribution in [-0.4, -0.2) is 15.9 Å². The van der Waals surface area contributed by atoms with Crippen molar-refractivity contribution >= 4 is 11.5 Å². The van der Waals surface area contributed by atoms with Crippen LogP contribution in [0.2, 0.25) is 0 Å². The van der Waals surface area contributed by atoms with Crippen molar-refractivity contribution in [2.75, 3.05) is 5.32 Å². The number of hydrogen-bond donors (Lipinski definition) is 1. The van der Waals surface area contributed by atoms with Gasteiger partial charge in [0.05, 0.1) is 6.54 Å². The second-order valence-electron chi connectivity index (χ2n) is 5.36. The minimum Gasteiger partial charge on any atom is -0.376 e. The Morgan fingerprint density at radius 2 is 1.78 bits per heavy atom. The third-order valence-electron chi connectivity index (χ3n) is 3.51. The van der Waals surface area contributed by atoms with E-state index >= 15 is 0 Å². The molecule has 0 radical (unpaired) electrons. The summed E-state index contributed by atoms with van der Waals surface area (Å²) in [6.07, 6.45) is 0. The summed E-state index contributed by atoms with van der Waals surface area (Å²) in [4.78, 5) is 15.6. The van der Waals surface area contributed by atoms with Crippen molar-refractivity contribution in [2.45, 2.75) is 20.4 Å². The fourth-order valence-electron chi connectivity index (χ4n) is 2.15. The molecule has 116 valence electrons. The van der Waals surface area contributed by atoms with E-state index in [1.165, 1.54) is 5.56 Å². The van der Waals surface area contributed by atoms with Crippen LogP contribution >= 0.6 is 0 Å². The van der Waals surface area contributed by atoms with Crippen molar-refractivity contribution < 1.29 is 9.32 Å². The van der Waals surface area contributed by atoms with Crippen LogP contribution in [0, 0.1) is 6.92 Å². The summed E-state index contributed by atoms with van der Waals surface area (Å²) < 4.78 is 5.26. The minimum absolute atomic E-state index is 0.0520. The van der Waals surface area contributed by atoms with Gasteiger partial charge in [-0.1, -0.05) is 35.0 Å². The van der Waals surface area contributed by atoms with Crippen LogP contribution in [0.1, 0.15) is 28.7 Å². The maximum atomic E-state index is 11.2. The number of nitrogens with zero attached hydrogens (tertiary/aromatic N) is 2. The Morgan fingerprint density at radius 1 is 1.09 bits per heavy atom. The van der Waals surface area contributed by atoms with Crippen molar-refractivity contribution in [3.63, 3.8) is 0 Å². The molecule has 3 aromatic rings. The number of ketones is 1. The number of aromatic nitrogens is 2. The number of aryl methyl sites for hydroxylation is 1. The molecule has 0 bridgehead atoms. The molecule has 1 N–H and O–H groups in total. The first-order valence-corrected chi connectivity index (χ1v) is 7.36. The SMILES string of the molecule is CC(=O)c1ccc(NCc2nc(-c3ccc(C)cc3)no2)cc1. The van der Waals surface area contributed by atoms with E-state index in [0.717, 1.165) is 11.3 Å². The van der Waals surface area contributed by atoms with Crippen LogP contribution in [0.4, 0.5) is 5.69 Å². The lowest BCUT2D eigenvalue weighted by atomic mass is 10.1. The van der Waals surface area contributed by atoms with Crippen LogP contribution in [0.3, 0.4) is 0 Å². The Morgan fingerprint density at radius 3 is 2.43 bits per heavy atom. The monoisotopic (exact) mass is 307 g/mol. The molecule has 0 aliphatic heterocycles. The Bertz CT molecular complexity index is 805. The van der Waals surface area contributed by atoms with Gasteiger partial charge in [-0.3, -0.25) is 4.79 Å². The highest BCUT2D eigenvalue weighted by molar-refractivity contribution is 5.94. The molecule has 0 amide bonds. The molecule has 0 unspecified atom stereocenters. The number of hydrogen-bond acceptors (Lipinski definition) is 5. The molecule has 23 heavy (non-hydrogen) atoms. The molecule has 0 atom stereocenters. The first kappa shape index (κ1) is 15.0. The Labute approximate surface area is 134 Å². The predicted octanol–water partition coefficient (Wildman–Crippen LogP) is 3.86. The van der Waals surface area contributed by atoms with Crippen molar-refractivity contribution in [2.24, 2.45) is 0 Å². The number of Topliss-reactive ketones (excluding diaryl/α,β-unsaturated/α-hetero) is 1. The van der Waals surface area contributed by atoms with E-state index in [9.17, 15) is 4.79 Å². The fraction of sp³-hybridized carbons (Fsp3) is 0.167. The van der Waals surface area contributed by atoms with Gasteiger partial charge in [-0.05, 0) is 38.1 Å². The van der Waals surface area contributed by atoms with E-state index < -0.39 is 0 Å². The maximum absolute atomic E-state index is 11.2. The van der Waals surface area contributed by atoms with E-state index in [2.05, 4.69) is 15.5 Å². The zero-order valence-corrected chi connectivity index (χ0v) is 13.0. The predicted molar refractivity (Wildman–Crippen MR) is 88.2 cm³/mol. The normalized spacial score (nSPS) is 10.5. The maximum Gasteiger partial charge on any atom is 0.246 e. The minimum atomic E-state index is 0.0520. The number of nitrogens with one attached hydrogen (secondary N) is 1. The standard InChI is InChI=1S/C18H17N3O2/c1-12-3-5-15(6-4-12)18-20-17(23-21-18)11-19-16-9-7-14(8-10-16)13(2)22/h3-10,19H,11H2,1-2H3. The largest absolute Gasteiger partial charge is 0.376 e. The van der Waals surface area contributed by atoms with Crippen LogP contribution in [0.15, 0.2) is 53.1 Å². The number of anilines is 1. The summed E-state index contributed by atoms with van der Waals surface area (Å²) in [5, 5.41) is 7.19. The van der Waals surface area contributed by atoms with Gasteiger partial charge in [0.25, 0.3) is 0 Å². The van der Waals surface area contributed by atoms with E-state index in [-0.39, 0.29) is 5.78 Å². The number of carbonyl (C=O) groups excluding carboxylic acids is 1. The summed E-state index contributed by atoms with van der Waals surface area (Å²) in [5.41, 5.74) is 3.70. The van der Waals surface area contributed by atoms with Crippen LogP contribution in [0.5, 0.6) is 0 Å². The van der Waals surface area contributed by atoms with Gasteiger partial charge < -0.3 is 9.84 Å². The van der Waals surface area contributed by atoms with Crippen LogP contribution < -0.4 is 5.32 Å². The third kappa shape index (κ3) is 3.63. The molecule has 5 heteroatoms. The average molecular weight is 307 g/mol. The molecule has 0 aliphatic carbocycles. The van der Waals surface area contributed by atoms with Gasteiger partial charge >= 0.3 is 0 Å². The van der Waals surface area contributed by atoms with Gasteiger partial charge in [0.2, 0.25) is 11.7 Å². The van der Waals surface area contributed by atoms with Crippen molar-refractivity contribution in [1.82, 2.24) is 10.1 Å². The topological polar surface area (TPSA) is 68.0 Å². The molecular weight excluding hydrogens is 290 g/mol. The highest BCUT2D eigenvalue weighted by Crippen LogP contribution is 2.17. The second-order valence-corrected chi connectivity index (χ2v) is 5.36. The molecule has 1 aromatic heterocycles. The third-order valence-corrected chi connectivity index (χ3v) is 3.51. The zero-order valence-electron chi connectivity index (χ0n) is 13.0. The van der Waals surface area contributed by atoms with Gasteiger partial charge in [-0.15, -0.1) is 0 Å². The Hall–Kier alpha value is -2.95. The average Bonchev–Trinajstić information content (AvgIpc) is 3.03. The molecular formula is C18H17N3O2. The molecule has 3 rings (SSSR count). The van der Waals surface area contributed by atoms with Crippen molar-refractivity contribution in [3.8, 4) is 11.4 Å². The van der Waals surface area contributed by atoms with E-state index in [1.54, 1.807) is 19.1 Å². The second kappa shape index (κ2) is 6.44. The van der Waals surface area contributed by atoms with E-state index in [1.807, 2.05) is 43.3 Å². The lowest BCUT2D eigenvalue weighted by molar-refractivity contribution is 0.101. The van der Waals surface area contributed by atoms with E-state index in [4.69, 9.17) is 4.52 Å². The van der Waals surface area contributed by atoms with Crippen molar-refractivity contribution in [1.29, 1.82) is 0 Å². The summed E-state index contributed by atoms with van der Waals surface area (Å²) in [6.45, 7) is 4.01. The van der Waals surface area contributed by atoms with Crippen LogP contribution in [-0.2, 0) is 6.54 Å². The first-order chi connectivity index (χ1) is 11.1. The summed E-state index contributed by atoms with van der Waals surface area (Å²) in [5.74, 6) is 1.14. The number of benzene rings is 2. The lowest BCUT2D eigenvalue weighted by Crippen LogP contribution is -2.00. The van der Waals surface area contributed by atoms with Crippen molar-refractivity contribution in [3.05, 3.63) is 65.5 Å². The highest BCUT2D eigenvalue weighted by Gasteiger charge is 2.08. The molecule has 2 aromatic carbocycles. The molecule has 0 saturated heterocycles. The van der Waals surface area contributed by atoms with Crippen LogP contribution in [0.25, 0.3) is 11.4 Å². The molecule has 0 saturated carbocycles. The zero-order chi connectivity index (χ0) is 16.2. The lowest BCUT2D eigenvalue weighted by Gasteiger charge is -2.03. The quantitative estimate of drug-likeness (QED) is 0.725. The molecule has 0 spiro atoms. The summed E-state index contributed by atoms with van der Waals surface area (Å²) in [6, 6.07) is 15.3. The molecule has 0 fully saturated rings. The number of rotatable bonds is 5. The summed E-state index contributed by atoms with van der Waals surface area (Å²) in [7, 11) is 0. The van der Waals surface area contributed by atoms with Gasteiger partial charge in [-0.2, -0.15) is 4.98 Å². The molecule has 0 aliphatic rings. The smallest absolute Gasteiger partial charge is 0.246 e. The molecule has 1 heterocycles. The van der Waals surface area contributed by atoms with Gasteiger partial charge in [0.15, 0.2) is 5.78 Å². The number of carbonyl (C=O) groups is 1. The Kier molecular flexibility index (Phi) is 4.19. The summed E-state index contributed by atoms with van der Waals surface area (Å²) >= 11 is 0. The van der Waals surface area contributed by atoms with Gasteiger partial charge in [0.1, 0.15) is 0 Å². The first-order valence-electron chi connectivity index (χ1n) is 7.36. The van der Waals surface area contributed by atoms with Gasteiger partial charge in [-0.25, -0.2) is 0 Å². The molecule has 5 nitrogen and oxygen atoms in total. The fourth-order valence-corrected chi connectivity index (χ4v) is 2.15.